The van der Waals surface area contributed by atoms with Gasteiger partial charge in [0.15, 0.2) is 0 Å². The average Bonchev–Trinajstić information content (AvgIpc) is 2.48. The fourth-order valence-corrected chi connectivity index (χ4v) is 2.11. The fraction of sp³-hybridized carbons (Fsp3) is 0.778. The highest BCUT2D eigenvalue weighted by molar-refractivity contribution is 4.96. The predicted octanol–water partition coefficient (Wildman–Crippen LogP) is 1.58. The van der Waals surface area contributed by atoms with E-state index in [1.807, 2.05) is 0 Å². The number of rotatable bonds is 1. The molecular weight excluding hydrogens is 124 g/mol. The molecule has 2 aliphatic rings. The van der Waals surface area contributed by atoms with Gasteiger partial charge >= 0.3 is 0 Å². The Balaban J connectivity index is 1.97. The first kappa shape index (κ1) is 6.24. The molecule has 0 N–H and O–H groups in total. The summed E-state index contributed by atoms with van der Waals surface area (Å²) in [5, 5.41) is 0. The molecule has 3 atom stereocenters. The van der Waals surface area contributed by atoms with Gasteiger partial charge in [0.2, 0.25) is 0 Å². The van der Waals surface area contributed by atoms with Crippen LogP contribution in [0, 0.1) is 18.3 Å². The SMILES string of the molecule is C#CCC1CC2CCC1O2. The van der Waals surface area contributed by atoms with Gasteiger partial charge in [-0.15, -0.1) is 12.3 Å². The van der Waals surface area contributed by atoms with Crippen molar-refractivity contribution >= 4 is 0 Å². The van der Waals surface area contributed by atoms with Crippen molar-refractivity contribution in [1.29, 1.82) is 0 Å². The highest BCUT2D eigenvalue weighted by atomic mass is 16.5. The normalized spacial score (nSPS) is 43.7. The first-order valence-electron chi connectivity index (χ1n) is 3.99. The zero-order chi connectivity index (χ0) is 6.97. The molecule has 0 amide bonds. The van der Waals surface area contributed by atoms with E-state index in [4.69, 9.17) is 11.2 Å². The molecule has 2 fully saturated rings. The molecule has 54 valence electrons. The van der Waals surface area contributed by atoms with E-state index in [1.165, 1.54) is 19.3 Å². The molecule has 1 heteroatoms. The average molecular weight is 136 g/mol. The van der Waals surface area contributed by atoms with Crippen LogP contribution in [0.5, 0.6) is 0 Å². The third kappa shape index (κ3) is 0.839. The Bertz CT molecular complexity index is 168. The Kier molecular flexibility index (Phi) is 1.43. The third-order valence-electron chi connectivity index (χ3n) is 2.61. The van der Waals surface area contributed by atoms with Crippen LogP contribution < -0.4 is 0 Å². The van der Waals surface area contributed by atoms with Crippen molar-refractivity contribution in [2.24, 2.45) is 5.92 Å². The molecule has 10 heavy (non-hydrogen) atoms. The molecule has 0 saturated carbocycles. The van der Waals surface area contributed by atoms with Gasteiger partial charge in [0.25, 0.3) is 0 Å². The van der Waals surface area contributed by atoms with E-state index in [2.05, 4.69) is 5.92 Å². The molecule has 0 aromatic carbocycles. The first-order valence-corrected chi connectivity index (χ1v) is 3.99. The lowest BCUT2D eigenvalue weighted by atomic mass is 9.87. The highest BCUT2D eigenvalue weighted by Gasteiger charge is 2.39. The highest BCUT2D eigenvalue weighted by Crippen LogP contribution is 2.39. The van der Waals surface area contributed by atoms with E-state index in [-0.39, 0.29) is 0 Å². The van der Waals surface area contributed by atoms with Gasteiger partial charge in [0.1, 0.15) is 0 Å². The summed E-state index contributed by atoms with van der Waals surface area (Å²) < 4.78 is 5.64. The summed E-state index contributed by atoms with van der Waals surface area (Å²) in [7, 11) is 0. The maximum atomic E-state index is 5.64. The van der Waals surface area contributed by atoms with Crippen molar-refractivity contribution in [2.75, 3.05) is 0 Å². The summed E-state index contributed by atoms with van der Waals surface area (Å²) in [6.07, 6.45) is 11.0. The van der Waals surface area contributed by atoms with Crippen LogP contribution >= 0.6 is 0 Å². The second kappa shape index (κ2) is 2.29. The van der Waals surface area contributed by atoms with Gasteiger partial charge in [-0.3, -0.25) is 0 Å². The molecular formula is C9H12O. The summed E-state index contributed by atoms with van der Waals surface area (Å²) in [5.74, 6) is 3.40. The summed E-state index contributed by atoms with van der Waals surface area (Å²) in [4.78, 5) is 0. The molecule has 2 aliphatic heterocycles. The van der Waals surface area contributed by atoms with Crippen molar-refractivity contribution in [1.82, 2.24) is 0 Å². The number of fused-ring (bicyclic) bond motifs is 2. The van der Waals surface area contributed by atoms with Crippen molar-refractivity contribution in [3.8, 4) is 12.3 Å². The molecule has 3 unspecified atom stereocenters. The van der Waals surface area contributed by atoms with Gasteiger partial charge in [0.05, 0.1) is 12.2 Å². The largest absolute Gasteiger partial charge is 0.375 e. The van der Waals surface area contributed by atoms with E-state index in [1.54, 1.807) is 0 Å². The van der Waals surface area contributed by atoms with Crippen LogP contribution in [0.2, 0.25) is 0 Å². The van der Waals surface area contributed by atoms with Crippen LogP contribution in [-0.4, -0.2) is 12.2 Å². The molecule has 0 aromatic heterocycles. The minimum absolute atomic E-state index is 0.515. The van der Waals surface area contributed by atoms with Gasteiger partial charge in [-0.1, -0.05) is 0 Å². The van der Waals surface area contributed by atoms with Crippen LogP contribution in [0.3, 0.4) is 0 Å². The van der Waals surface area contributed by atoms with Gasteiger partial charge in [-0.25, -0.2) is 0 Å². The molecule has 1 nitrogen and oxygen atoms in total. The number of hydrogen-bond donors (Lipinski definition) is 0. The number of hydrogen-bond acceptors (Lipinski definition) is 1. The molecule has 2 bridgehead atoms. The van der Waals surface area contributed by atoms with Gasteiger partial charge in [0, 0.05) is 6.42 Å². The Morgan fingerprint density at radius 3 is 2.90 bits per heavy atom. The Morgan fingerprint density at radius 2 is 2.40 bits per heavy atom. The van der Waals surface area contributed by atoms with Crippen LogP contribution in [0.15, 0.2) is 0 Å². The maximum Gasteiger partial charge on any atom is 0.0618 e. The molecule has 2 heterocycles. The van der Waals surface area contributed by atoms with Crippen LogP contribution in [0.1, 0.15) is 25.7 Å². The van der Waals surface area contributed by atoms with Crippen LogP contribution in [0.4, 0.5) is 0 Å². The lowest BCUT2D eigenvalue weighted by molar-refractivity contribution is 0.0932. The second-order valence-electron chi connectivity index (χ2n) is 3.28. The number of ether oxygens (including phenoxy) is 1. The third-order valence-corrected chi connectivity index (χ3v) is 2.61. The minimum Gasteiger partial charge on any atom is -0.375 e. The van der Waals surface area contributed by atoms with E-state index >= 15 is 0 Å². The Morgan fingerprint density at radius 1 is 1.50 bits per heavy atom. The molecule has 0 aromatic rings. The lowest BCUT2D eigenvalue weighted by Gasteiger charge is -2.14. The van der Waals surface area contributed by atoms with Gasteiger partial charge in [-0.2, -0.15) is 0 Å². The minimum atomic E-state index is 0.515. The zero-order valence-electron chi connectivity index (χ0n) is 6.05. The summed E-state index contributed by atoms with van der Waals surface area (Å²) in [6, 6.07) is 0. The van der Waals surface area contributed by atoms with Crippen molar-refractivity contribution in [3.63, 3.8) is 0 Å². The van der Waals surface area contributed by atoms with E-state index in [9.17, 15) is 0 Å². The van der Waals surface area contributed by atoms with Crippen molar-refractivity contribution < 1.29 is 4.74 Å². The molecule has 2 saturated heterocycles. The summed E-state index contributed by atoms with van der Waals surface area (Å²) in [5.41, 5.74) is 0. The van der Waals surface area contributed by atoms with Gasteiger partial charge in [-0.05, 0) is 25.2 Å². The van der Waals surface area contributed by atoms with Crippen LogP contribution in [0.25, 0.3) is 0 Å². The molecule has 0 radical (unpaired) electrons. The Hall–Kier alpha value is -0.480. The molecule has 0 aliphatic carbocycles. The zero-order valence-corrected chi connectivity index (χ0v) is 6.05. The second-order valence-corrected chi connectivity index (χ2v) is 3.28. The van der Waals surface area contributed by atoms with E-state index < -0.39 is 0 Å². The first-order chi connectivity index (χ1) is 4.90. The predicted molar refractivity (Wildman–Crippen MR) is 39.5 cm³/mol. The smallest absolute Gasteiger partial charge is 0.0618 e. The van der Waals surface area contributed by atoms with Crippen LogP contribution in [-0.2, 0) is 4.74 Å². The number of terminal acetylenes is 1. The quantitative estimate of drug-likeness (QED) is 0.497. The van der Waals surface area contributed by atoms with E-state index in [0.717, 1.165) is 6.42 Å². The maximum absolute atomic E-state index is 5.64. The Labute approximate surface area is 61.8 Å². The summed E-state index contributed by atoms with van der Waals surface area (Å²) >= 11 is 0. The van der Waals surface area contributed by atoms with Gasteiger partial charge < -0.3 is 4.74 Å². The lowest BCUT2D eigenvalue weighted by Crippen LogP contribution is -2.15. The molecule has 0 spiro atoms. The summed E-state index contributed by atoms with van der Waals surface area (Å²) in [6.45, 7) is 0. The van der Waals surface area contributed by atoms with Crippen molar-refractivity contribution in [3.05, 3.63) is 0 Å². The van der Waals surface area contributed by atoms with Crippen molar-refractivity contribution in [2.45, 2.75) is 37.9 Å². The fourth-order valence-electron chi connectivity index (χ4n) is 2.11. The standard InChI is InChI=1S/C9H12O/c1-2-3-7-6-8-4-5-9(7)10-8/h1,7-9H,3-6H2. The monoisotopic (exact) mass is 136 g/mol. The van der Waals surface area contributed by atoms with E-state index in [0.29, 0.717) is 18.1 Å². The topological polar surface area (TPSA) is 9.23 Å². The molecule has 2 rings (SSSR count).